The molecule has 1 spiro atoms. The molecule has 3 heterocycles. The number of fused-ring (bicyclic) bond motifs is 1. The molecule has 4 aliphatic rings. The van der Waals surface area contributed by atoms with Crippen LogP contribution >= 0.6 is 0 Å². The molecule has 3 fully saturated rings. The Morgan fingerprint density at radius 3 is 2.72 bits per heavy atom. The highest BCUT2D eigenvalue weighted by atomic mass is 16.2. The molecule has 1 aromatic carbocycles. The van der Waals surface area contributed by atoms with E-state index in [1.54, 1.807) is 6.92 Å². The third-order valence-electron chi connectivity index (χ3n) is 9.63. The number of aromatic nitrogens is 2. The molecule has 4 unspecified atom stereocenters. The van der Waals surface area contributed by atoms with Crippen LogP contribution in [0.1, 0.15) is 87.2 Å². The van der Waals surface area contributed by atoms with Crippen molar-refractivity contribution in [3.63, 3.8) is 0 Å². The van der Waals surface area contributed by atoms with Gasteiger partial charge in [-0.2, -0.15) is 0 Å². The van der Waals surface area contributed by atoms with E-state index in [9.17, 15) is 9.59 Å². The van der Waals surface area contributed by atoms with E-state index in [1.807, 2.05) is 17.9 Å². The maximum atomic E-state index is 12.4. The van der Waals surface area contributed by atoms with Gasteiger partial charge in [0.2, 0.25) is 11.8 Å². The summed E-state index contributed by atoms with van der Waals surface area (Å²) in [5.41, 5.74) is 4.12. The number of piperidine rings is 1. The molecule has 2 aliphatic heterocycles. The first-order chi connectivity index (χ1) is 17.4. The fourth-order valence-electron chi connectivity index (χ4n) is 8.00. The lowest BCUT2D eigenvalue weighted by atomic mass is 9.53. The zero-order valence-electron chi connectivity index (χ0n) is 21.9. The number of hydrogen-bond acceptors (Lipinski definition) is 4. The van der Waals surface area contributed by atoms with Gasteiger partial charge < -0.3 is 14.8 Å². The number of likely N-dealkylation sites (tertiary alicyclic amines) is 1. The zero-order valence-corrected chi connectivity index (χ0v) is 21.9. The highest BCUT2D eigenvalue weighted by molar-refractivity contribution is 5.76. The summed E-state index contributed by atoms with van der Waals surface area (Å²) in [4.78, 5) is 34.1. The summed E-state index contributed by atoms with van der Waals surface area (Å²) in [6, 6.07) is 12.2. The predicted octanol–water partition coefficient (Wildman–Crippen LogP) is 3.92. The quantitative estimate of drug-likeness (QED) is 0.640. The Labute approximate surface area is 214 Å². The topological polar surface area (TPSA) is 70.5 Å². The van der Waals surface area contributed by atoms with E-state index in [1.165, 1.54) is 36.2 Å². The average molecular weight is 490 g/mol. The van der Waals surface area contributed by atoms with Gasteiger partial charge in [-0.05, 0) is 44.6 Å². The van der Waals surface area contributed by atoms with Gasteiger partial charge in [-0.15, -0.1) is 0 Å². The summed E-state index contributed by atoms with van der Waals surface area (Å²) in [5, 5.41) is 3.18. The number of imidazole rings is 1. The monoisotopic (exact) mass is 489 g/mol. The molecule has 5 atom stereocenters. The van der Waals surface area contributed by atoms with Crippen molar-refractivity contribution in [3.8, 4) is 0 Å². The number of carbonyl (C=O) groups excluding carboxylic acids is 2. The van der Waals surface area contributed by atoms with E-state index in [2.05, 4.69) is 46.0 Å². The SMILES string of the molecule is CCC(=O)N1CCc2nc(C)n(C3CC4N(CC[C@H](NC(C)=O)c5ccccc5)C5CCC54C3)c2C1. The molecule has 1 N–H and O–H groups in total. The highest BCUT2D eigenvalue weighted by Gasteiger charge is 2.69. The maximum Gasteiger partial charge on any atom is 0.222 e. The molecule has 36 heavy (non-hydrogen) atoms. The third kappa shape index (κ3) is 3.69. The Kier molecular flexibility index (Phi) is 5.94. The van der Waals surface area contributed by atoms with Crippen molar-refractivity contribution >= 4 is 11.8 Å². The summed E-state index contributed by atoms with van der Waals surface area (Å²) in [6.45, 7) is 8.23. The van der Waals surface area contributed by atoms with Gasteiger partial charge in [-0.3, -0.25) is 14.5 Å². The number of benzene rings is 1. The Morgan fingerprint density at radius 2 is 2.03 bits per heavy atom. The zero-order chi connectivity index (χ0) is 25.0. The molecule has 2 amide bonds. The average Bonchev–Trinajstić information content (AvgIpc) is 3.41. The van der Waals surface area contributed by atoms with Crippen molar-refractivity contribution in [1.29, 1.82) is 0 Å². The fraction of sp³-hybridized carbons (Fsp3) is 0.621. The van der Waals surface area contributed by atoms with Gasteiger partial charge >= 0.3 is 0 Å². The first-order valence-electron chi connectivity index (χ1n) is 13.8. The van der Waals surface area contributed by atoms with E-state index in [0.29, 0.717) is 36.5 Å². The molecule has 1 aromatic heterocycles. The van der Waals surface area contributed by atoms with Crippen LogP contribution in [-0.2, 0) is 22.6 Å². The molecule has 2 aromatic rings. The van der Waals surface area contributed by atoms with Gasteiger partial charge in [0.25, 0.3) is 0 Å². The Balaban J connectivity index is 1.18. The first-order valence-corrected chi connectivity index (χ1v) is 13.8. The van der Waals surface area contributed by atoms with Crippen LogP contribution in [-0.4, -0.2) is 56.3 Å². The molecular weight excluding hydrogens is 450 g/mol. The Morgan fingerprint density at radius 1 is 1.22 bits per heavy atom. The normalized spacial score (nSPS) is 29.4. The summed E-state index contributed by atoms with van der Waals surface area (Å²) in [7, 11) is 0. The minimum absolute atomic E-state index is 0.0299. The number of aryl methyl sites for hydroxylation is 1. The van der Waals surface area contributed by atoms with E-state index >= 15 is 0 Å². The third-order valence-corrected chi connectivity index (χ3v) is 9.63. The smallest absolute Gasteiger partial charge is 0.222 e. The summed E-state index contributed by atoms with van der Waals surface area (Å²) in [5.74, 6) is 1.39. The van der Waals surface area contributed by atoms with Crippen molar-refractivity contribution < 1.29 is 9.59 Å². The second kappa shape index (κ2) is 9.02. The van der Waals surface area contributed by atoms with Crippen LogP contribution in [0.5, 0.6) is 0 Å². The molecule has 0 bridgehead atoms. The molecule has 0 radical (unpaired) electrons. The highest BCUT2D eigenvalue weighted by Crippen LogP contribution is 2.67. The van der Waals surface area contributed by atoms with Crippen LogP contribution in [0.3, 0.4) is 0 Å². The van der Waals surface area contributed by atoms with Gasteiger partial charge in [0.1, 0.15) is 5.82 Å². The van der Waals surface area contributed by atoms with Crippen molar-refractivity contribution in [3.05, 3.63) is 53.1 Å². The van der Waals surface area contributed by atoms with Crippen molar-refractivity contribution in [2.75, 3.05) is 13.1 Å². The number of amides is 2. The van der Waals surface area contributed by atoms with Gasteiger partial charge in [0.05, 0.1) is 24.0 Å². The number of nitrogens with one attached hydrogen (secondary N) is 1. The van der Waals surface area contributed by atoms with Crippen LogP contribution in [0.25, 0.3) is 0 Å². The van der Waals surface area contributed by atoms with Crippen molar-refractivity contribution in [2.24, 2.45) is 5.41 Å². The second-order valence-electron chi connectivity index (χ2n) is 11.4. The second-order valence-corrected chi connectivity index (χ2v) is 11.4. The lowest BCUT2D eigenvalue weighted by molar-refractivity contribution is -0.188. The number of rotatable bonds is 7. The van der Waals surface area contributed by atoms with E-state index < -0.39 is 0 Å². The molecule has 1 saturated heterocycles. The van der Waals surface area contributed by atoms with E-state index in [0.717, 1.165) is 38.2 Å². The Hall–Kier alpha value is -2.67. The van der Waals surface area contributed by atoms with Crippen LogP contribution in [0.15, 0.2) is 30.3 Å². The Bertz CT molecular complexity index is 1160. The van der Waals surface area contributed by atoms with Crippen molar-refractivity contribution in [2.45, 2.75) is 96.4 Å². The minimum atomic E-state index is 0.0299. The molecule has 7 nitrogen and oxygen atoms in total. The van der Waals surface area contributed by atoms with Gasteiger partial charge in [-0.25, -0.2) is 4.98 Å². The molecule has 7 heteroatoms. The lowest BCUT2D eigenvalue weighted by Crippen LogP contribution is -2.74. The van der Waals surface area contributed by atoms with Crippen LogP contribution < -0.4 is 5.32 Å². The number of hydrogen-bond donors (Lipinski definition) is 1. The van der Waals surface area contributed by atoms with Crippen LogP contribution in [0.2, 0.25) is 0 Å². The summed E-state index contributed by atoms with van der Waals surface area (Å²) in [6.07, 6.45) is 7.39. The van der Waals surface area contributed by atoms with Gasteiger partial charge in [0.15, 0.2) is 0 Å². The van der Waals surface area contributed by atoms with E-state index in [4.69, 9.17) is 4.98 Å². The van der Waals surface area contributed by atoms with E-state index in [-0.39, 0.29) is 17.9 Å². The summed E-state index contributed by atoms with van der Waals surface area (Å²) < 4.78 is 2.51. The standard InChI is InChI=1S/C29H39N5O2/c1-4-28(36)32-14-11-24-25(18-32)34(19(2)30-24)22-16-27-29(17-22)13-10-26(29)33(27)15-12-23(31-20(3)35)21-8-6-5-7-9-21/h5-9,22-23,26-27H,4,10-18H2,1-3H3,(H,31,35)/t22?,23-,26?,27?,29?/m0/s1. The lowest BCUT2D eigenvalue weighted by Gasteiger charge is -2.68. The first kappa shape index (κ1) is 23.7. The minimum Gasteiger partial charge on any atom is -0.349 e. The molecular formula is C29H39N5O2. The largest absolute Gasteiger partial charge is 0.349 e. The molecule has 2 saturated carbocycles. The molecule has 2 aliphatic carbocycles. The van der Waals surface area contributed by atoms with Crippen molar-refractivity contribution in [1.82, 2.24) is 24.7 Å². The van der Waals surface area contributed by atoms with Crippen LogP contribution in [0.4, 0.5) is 0 Å². The van der Waals surface area contributed by atoms with Gasteiger partial charge in [-0.1, -0.05) is 37.3 Å². The maximum absolute atomic E-state index is 12.4. The molecule has 6 rings (SSSR count). The number of nitrogens with zero attached hydrogens (tertiary/aromatic N) is 4. The summed E-state index contributed by atoms with van der Waals surface area (Å²) >= 11 is 0. The molecule has 192 valence electrons. The fourth-order valence-corrected chi connectivity index (χ4v) is 8.00. The van der Waals surface area contributed by atoms with Crippen LogP contribution in [0, 0.1) is 12.3 Å². The number of carbonyl (C=O) groups is 2. The predicted molar refractivity (Wildman–Crippen MR) is 138 cm³/mol. The van der Waals surface area contributed by atoms with Gasteiger partial charge in [0, 0.05) is 56.4 Å².